The van der Waals surface area contributed by atoms with Crippen molar-refractivity contribution in [2.75, 3.05) is 11.6 Å². The maximum absolute atomic E-state index is 12.4. The summed E-state index contributed by atoms with van der Waals surface area (Å²) in [5.74, 6) is -0.117. The van der Waals surface area contributed by atoms with E-state index in [9.17, 15) is 13.2 Å². The minimum absolute atomic E-state index is 0.175. The molecule has 0 unspecified atom stereocenters. The summed E-state index contributed by atoms with van der Waals surface area (Å²) in [5, 5.41) is 2.84. The second kappa shape index (κ2) is 6.89. The number of rotatable bonds is 4. The lowest BCUT2D eigenvalue weighted by Crippen LogP contribution is -2.29. The van der Waals surface area contributed by atoms with Crippen molar-refractivity contribution in [3.63, 3.8) is 0 Å². The molecule has 3 rings (SSSR count). The fourth-order valence-corrected chi connectivity index (χ4v) is 4.26. The van der Waals surface area contributed by atoms with E-state index in [0.717, 1.165) is 4.90 Å². The van der Waals surface area contributed by atoms with Crippen LogP contribution in [-0.4, -0.2) is 32.5 Å². The van der Waals surface area contributed by atoms with E-state index in [-0.39, 0.29) is 16.6 Å². The van der Waals surface area contributed by atoms with Crippen molar-refractivity contribution < 1.29 is 13.2 Å². The van der Waals surface area contributed by atoms with Crippen LogP contribution in [0.1, 0.15) is 12.5 Å². The van der Waals surface area contributed by atoms with Crippen molar-refractivity contribution in [3.8, 4) is 0 Å². The molecule has 0 bridgehead atoms. The van der Waals surface area contributed by atoms with E-state index in [2.05, 4.69) is 15.0 Å². The number of nitrogens with one attached hydrogen (secondary N) is 2. The van der Waals surface area contributed by atoms with Crippen LogP contribution in [0.25, 0.3) is 0 Å². The quantitative estimate of drug-likeness (QED) is 0.804. The van der Waals surface area contributed by atoms with E-state index >= 15 is 0 Å². The molecule has 0 radical (unpaired) electrons. The minimum atomic E-state index is -3.61. The molecule has 1 aliphatic heterocycles. The van der Waals surface area contributed by atoms with E-state index in [4.69, 9.17) is 0 Å². The number of hydrogen-bond donors (Lipinski definition) is 2. The lowest BCUT2D eigenvalue weighted by molar-refractivity contribution is -0.117. The average molecular weight is 375 g/mol. The fraction of sp³-hybridized carbons (Fsp3) is 0.176. The van der Waals surface area contributed by atoms with E-state index in [1.54, 1.807) is 25.1 Å². The molecule has 1 aliphatic rings. The lowest BCUT2D eigenvalue weighted by Gasteiger charge is -2.12. The van der Waals surface area contributed by atoms with Crippen LogP contribution < -0.4 is 10.0 Å². The Hall–Kier alpha value is -2.32. The van der Waals surface area contributed by atoms with Crippen LogP contribution in [-0.2, 0) is 14.8 Å². The smallest absolute Gasteiger partial charge is 0.263 e. The Labute approximate surface area is 150 Å². The Kier molecular flexibility index (Phi) is 4.82. The molecule has 6 nitrogen and oxygen atoms in total. The topological polar surface area (TPSA) is 87.6 Å². The number of carbonyl (C=O) groups excluding carboxylic acids is 1. The number of hydrogen-bond acceptors (Lipinski definition) is 5. The highest BCUT2D eigenvalue weighted by molar-refractivity contribution is 7.98. The highest BCUT2D eigenvalue weighted by Gasteiger charge is 2.31. The Morgan fingerprint density at radius 2 is 1.84 bits per heavy atom. The number of benzene rings is 2. The number of sulfonamides is 1. The van der Waals surface area contributed by atoms with Crippen molar-refractivity contribution in [1.82, 2.24) is 4.72 Å². The monoisotopic (exact) mass is 375 g/mol. The third kappa shape index (κ3) is 3.54. The van der Waals surface area contributed by atoms with E-state index in [1.165, 1.54) is 17.8 Å². The summed E-state index contributed by atoms with van der Waals surface area (Å²) in [7, 11) is -3.61. The van der Waals surface area contributed by atoms with Crippen molar-refractivity contribution >= 4 is 39.2 Å². The minimum Gasteiger partial charge on any atom is -0.323 e. The first-order valence-corrected chi connectivity index (χ1v) is 10.3. The predicted octanol–water partition coefficient (Wildman–Crippen LogP) is 2.47. The molecule has 0 aliphatic carbocycles. The molecule has 130 valence electrons. The van der Waals surface area contributed by atoms with Gasteiger partial charge in [-0.25, -0.2) is 8.42 Å². The normalized spacial score (nSPS) is 17.6. The third-order valence-corrected chi connectivity index (χ3v) is 5.92. The summed E-state index contributed by atoms with van der Waals surface area (Å²) in [6.07, 6.45) is 1.93. The van der Waals surface area contributed by atoms with E-state index < -0.39 is 16.1 Å². The Balaban J connectivity index is 1.84. The Morgan fingerprint density at radius 1 is 1.16 bits per heavy atom. The SMILES string of the molecule is CSc1ccccc1NC(=O)[C@@H](C)N=C1NS(=O)(=O)c2ccccc21. The lowest BCUT2D eigenvalue weighted by atomic mass is 10.2. The number of aliphatic imine (C=N–C) groups is 1. The number of fused-ring (bicyclic) bond motifs is 1. The number of para-hydroxylation sites is 1. The largest absolute Gasteiger partial charge is 0.323 e. The summed E-state index contributed by atoms with van der Waals surface area (Å²) in [6, 6.07) is 13.3. The van der Waals surface area contributed by atoms with Gasteiger partial charge in [0, 0.05) is 10.5 Å². The maximum atomic E-state index is 12.4. The van der Waals surface area contributed by atoms with Gasteiger partial charge in [-0.1, -0.05) is 24.3 Å². The summed E-state index contributed by atoms with van der Waals surface area (Å²) in [4.78, 5) is 17.8. The van der Waals surface area contributed by atoms with Gasteiger partial charge in [-0.3, -0.25) is 14.5 Å². The molecule has 8 heteroatoms. The average Bonchev–Trinajstić information content (AvgIpc) is 2.86. The molecule has 0 spiro atoms. The van der Waals surface area contributed by atoms with Crippen molar-refractivity contribution in [2.45, 2.75) is 22.8 Å². The second-order valence-electron chi connectivity index (χ2n) is 5.44. The molecule has 0 fully saturated rings. The van der Waals surface area contributed by atoms with Crippen molar-refractivity contribution in [2.24, 2.45) is 4.99 Å². The number of carbonyl (C=O) groups is 1. The molecular weight excluding hydrogens is 358 g/mol. The standard InChI is InChI=1S/C17H17N3O3S2/c1-11(17(21)19-13-8-4-5-9-14(13)24-2)18-16-12-7-3-6-10-15(12)25(22,23)20-16/h3-11H,1-2H3,(H,18,20)(H,19,21)/t11-/m1/s1. The fourth-order valence-electron chi connectivity index (χ4n) is 2.47. The molecule has 2 N–H and O–H groups in total. The molecule has 2 aromatic rings. The highest BCUT2D eigenvalue weighted by atomic mass is 32.2. The summed E-state index contributed by atoms with van der Waals surface area (Å²) in [5.41, 5.74) is 1.19. The first-order chi connectivity index (χ1) is 11.9. The molecule has 1 amide bonds. The summed E-state index contributed by atoms with van der Waals surface area (Å²) >= 11 is 1.53. The van der Waals surface area contributed by atoms with Crippen LogP contribution in [0.4, 0.5) is 5.69 Å². The van der Waals surface area contributed by atoms with Crippen molar-refractivity contribution in [3.05, 3.63) is 54.1 Å². The Bertz CT molecular complexity index is 955. The molecule has 1 heterocycles. The zero-order valence-corrected chi connectivity index (χ0v) is 15.3. The molecule has 25 heavy (non-hydrogen) atoms. The van der Waals surface area contributed by atoms with Gasteiger partial charge in [-0.15, -0.1) is 11.8 Å². The molecule has 1 atom stereocenters. The van der Waals surface area contributed by atoms with Crippen LogP contribution in [0, 0.1) is 0 Å². The van der Waals surface area contributed by atoms with Gasteiger partial charge in [0.1, 0.15) is 11.9 Å². The van der Waals surface area contributed by atoms with E-state index in [1.807, 2.05) is 30.5 Å². The van der Waals surface area contributed by atoms with Crippen LogP contribution >= 0.6 is 11.8 Å². The van der Waals surface area contributed by atoms with Crippen molar-refractivity contribution in [1.29, 1.82) is 0 Å². The first-order valence-electron chi connectivity index (χ1n) is 7.56. The highest BCUT2D eigenvalue weighted by Crippen LogP contribution is 2.25. The number of anilines is 1. The van der Waals surface area contributed by atoms with Gasteiger partial charge in [0.2, 0.25) is 5.91 Å². The second-order valence-corrected chi connectivity index (χ2v) is 7.94. The maximum Gasteiger partial charge on any atom is 0.263 e. The molecule has 0 saturated carbocycles. The number of amidine groups is 1. The predicted molar refractivity (Wildman–Crippen MR) is 99.6 cm³/mol. The zero-order valence-electron chi connectivity index (χ0n) is 13.7. The molecular formula is C17H17N3O3S2. The third-order valence-electron chi connectivity index (χ3n) is 3.73. The van der Waals surface area contributed by atoms with Crippen LogP contribution in [0.2, 0.25) is 0 Å². The number of thioether (sulfide) groups is 1. The van der Waals surface area contributed by atoms with Crippen LogP contribution in [0.5, 0.6) is 0 Å². The zero-order chi connectivity index (χ0) is 18.0. The van der Waals surface area contributed by atoms with Gasteiger partial charge >= 0.3 is 0 Å². The van der Waals surface area contributed by atoms with Gasteiger partial charge in [0.25, 0.3) is 10.0 Å². The van der Waals surface area contributed by atoms with Gasteiger partial charge in [-0.05, 0) is 37.4 Å². The first kappa shape index (κ1) is 17.5. The molecule has 0 aromatic heterocycles. The van der Waals surface area contributed by atoms with Gasteiger partial charge in [0.15, 0.2) is 0 Å². The Morgan fingerprint density at radius 3 is 2.60 bits per heavy atom. The van der Waals surface area contributed by atoms with Gasteiger partial charge < -0.3 is 5.32 Å². The molecule has 2 aromatic carbocycles. The van der Waals surface area contributed by atoms with Gasteiger partial charge in [0.05, 0.1) is 10.6 Å². The molecule has 0 saturated heterocycles. The van der Waals surface area contributed by atoms with E-state index in [0.29, 0.717) is 11.3 Å². The van der Waals surface area contributed by atoms with Gasteiger partial charge in [-0.2, -0.15) is 0 Å². The number of amides is 1. The number of nitrogens with zero attached hydrogens (tertiary/aromatic N) is 1. The van der Waals surface area contributed by atoms with Crippen LogP contribution in [0.3, 0.4) is 0 Å². The summed E-state index contributed by atoms with van der Waals surface area (Å²) in [6.45, 7) is 1.62. The summed E-state index contributed by atoms with van der Waals surface area (Å²) < 4.78 is 26.6. The van der Waals surface area contributed by atoms with Crippen LogP contribution in [0.15, 0.2) is 63.3 Å².